The number of thiophene rings is 1. The predicted molar refractivity (Wildman–Crippen MR) is 127 cm³/mol. The van der Waals surface area contributed by atoms with Gasteiger partial charge in [0.15, 0.2) is 0 Å². The van der Waals surface area contributed by atoms with Gasteiger partial charge >= 0.3 is 0 Å². The molecule has 1 aromatic carbocycles. The molecule has 0 atom stereocenters. The van der Waals surface area contributed by atoms with Crippen LogP contribution < -0.4 is 10.4 Å². The first-order valence-corrected chi connectivity index (χ1v) is 13.5. The fraction of sp³-hybridized carbons (Fsp3) is 0.435. The number of amides is 1. The normalized spacial score (nSPS) is 21.2. The molecule has 1 amide bonds. The van der Waals surface area contributed by atoms with Crippen LogP contribution in [-0.2, 0) is 19.7 Å². The lowest BCUT2D eigenvalue weighted by Crippen LogP contribution is -2.50. The number of aryl methyl sites for hydroxylation is 1. The van der Waals surface area contributed by atoms with Crippen molar-refractivity contribution in [1.82, 2.24) is 14.7 Å². The van der Waals surface area contributed by atoms with Crippen molar-refractivity contribution in [3.63, 3.8) is 0 Å². The first-order valence-electron chi connectivity index (χ1n) is 11.2. The number of piperidine rings is 1. The molecule has 4 heterocycles. The number of piperazine rings is 1. The molecule has 2 saturated heterocycles. The summed E-state index contributed by atoms with van der Waals surface area (Å²) < 4.78 is 27.4. The minimum Gasteiger partial charge on any atom is -0.368 e. The average molecular weight is 489 g/mol. The Morgan fingerprint density at radius 3 is 2.42 bits per heavy atom. The molecule has 0 saturated carbocycles. The second-order valence-electron chi connectivity index (χ2n) is 8.73. The molecule has 2 aromatic rings. The second-order valence-corrected chi connectivity index (χ2v) is 11.8. The van der Waals surface area contributed by atoms with E-state index in [1.54, 1.807) is 17.5 Å². The molecule has 3 aliphatic heterocycles. The lowest BCUT2D eigenvalue weighted by Gasteiger charge is -2.36. The highest BCUT2D eigenvalue weighted by molar-refractivity contribution is 7.91. The Balaban J connectivity index is 1.19. The van der Waals surface area contributed by atoms with E-state index in [2.05, 4.69) is 29.4 Å². The van der Waals surface area contributed by atoms with Gasteiger partial charge in [-0.05, 0) is 48.9 Å². The highest BCUT2D eigenvalue weighted by atomic mass is 32.2. The lowest BCUT2D eigenvalue weighted by atomic mass is 9.92. The van der Waals surface area contributed by atoms with Crippen LogP contribution in [0.25, 0.3) is 0 Å². The summed E-state index contributed by atoms with van der Waals surface area (Å²) in [6.07, 6.45) is 2.86. The number of hydrogen-bond acceptors (Lipinski definition) is 7. The fourth-order valence-corrected chi connectivity index (χ4v) is 7.30. The van der Waals surface area contributed by atoms with Crippen molar-refractivity contribution in [2.75, 3.05) is 44.2 Å². The maximum Gasteiger partial charge on any atom is 0.272 e. The number of rotatable bonds is 4. The van der Waals surface area contributed by atoms with Gasteiger partial charge in [-0.25, -0.2) is 8.42 Å². The number of hydrogen-bond donors (Lipinski definition) is 1. The van der Waals surface area contributed by atoms with Gasteiger partial charge in [-0.1, -0.05) is 24.3 Å². The third-order valence-electron chi connectivity index (χ3n) is 6.68. The summed E-state index contributed by atoms with van der Waals surface area (Å²) in [6.45, 7) is 5.67. The number of anilines is 1. The zero-order valence-electron chi connectivity index (χ0n) is 18.6. The summed E-state index contributed by atoms with van der Waals surface area (Å²) in [6, 6.07) is 11.7. The molecule has 3 aliphatic rings. The van der Waals surface area contributed by atoms with E-state index in [4.69, 9.17) is 4.84 Å². The third-order valence-corrected chi connectivity index (χ3v) is 9.95. The van der Waals surface area contributed by atoms with E-state index >= 15 is 0 Å². The number of para-hydroxylation sites is 1. The summed E-state index contributed by atoms with van der Waals surface area (Å²) in [5.74, 6) is -0.0649. The number of hydroxylamine groups is 1. The molecule has 2 fully saturated rings. The van der Waals surface area contributed by atoms with Crippen LogP contribution in [0.4, 0.5) is 5.69 Å². The van der Waals surface area contributed by atoms with Crippen LogP contribution in [0.2, 0.25) is 0 Å². The van der Waals surface area contributed by atoms with Crippen LogP contribution in [-0.4, -0.2) is 68.4 Å². The van der Waals surface area contributed by atoms with Crippen LogP contribution in [0.15, 0.2) is 57.8 Å². The van der Waals surface area contributed by atoms with Crippen molar-refractivity contribution in [2.45, 2.75) is 29.6 Å². The molecule has 5 rings (SSSR count). The smallest absolute Gasteiger partial charge is 0.272 e. The molecule has 1 N–H and O–H groups in total. The van der Waals surface area contributed by atoms with E-state index in [-0.39, 0.29) is 5.91 Å². The van der Waals surface area contributed by atoms with Crippen LogP contribution in [0.3, 0.4) is 0 Å². The van der Waals surface area contributed by atoms with Crippen molar-refractivity contribution in [3.05, 3.63) is 59.1 Å². The predicted octanol–water partition coefficient (Wildman–Crippen LogP) is 2.35. The Labute approximate surface area is 198 Å². The molecule has 0 bridgehead atoms. The Morgan fingerprint density at radius 1 is 1.03 bits per heavy atom. The topological polar surface area (TPSA) is 82.2 Å². The standard InChI is InChI=1S/C23H28N4O4S2/c1-18-5-2-3-6-20(18)25-12-14-26(15-13-25)22(28)19-17-23(31-24-19)8-10-27(11-9-23)33(29,30)21-7-4-16-32-21/h2-7,16-17,24H,8-15H2,1H3. The first-order chi connectivity index (χ1) is 15.9. The van der Waals surface area contributed by atoms with E-state index in [0.717, 1.165) is 13.1 Å². The number of nitrogens with one attached hydrogen (secondary N) is 1. The van der Waals surface area contributed by atoms with Gasteiger partial charge in [-0.3, -0.25) is 15.1 Å². The van der Waals surface area contributed by atoms with Crippen molar-refractivity contribution in [1.29, 1.82) is 0 Å². The third kappa shape index (κ3) is 4.28. The van der Waals surface area contributed by atoms with E-state index in [1.807, 2.05) is 23.1 Å². The van der Waals surface area contributed by atoms with Crippen molar-refractivity contribution in [2.24, 2.45) is 0 Å². The minimum absolute atomic E-state index is 0.0649. The number of carbonyl (C=O) groups is 1. The Hall–Kier alpha value is -2.40. The Morgan fingerprint density at radius 2 is 1.76 bits per heavy atom. The second kappa shape index (κ2) is 8.75. The van der Waals surface area contributed by atoms with Gasteiger partial charge in [-0.15, -0.1) is 11.3 Å². The van der Waals surface area contributed by atoms with Crippen LogP contribution >= 0.6 is 11.3 Å². The van der Waals surface area contributed by atoms with Gasteiger partial charge in [0, 0.05) is 45.0 Å². The Kier molecular flexibility index (Phi) is 5.94. The quantitative estimate of drug-likeness (QED) is 0.712. The largest absolute Gasteiger partial charge is 0.368 e. The molecule has 0 unspecified atom stereocenters. The molecule has 0 radical (unpaired) electrons. The molecule has 33 heavy (non-hydrogen) atoms. The van der Waals surface area contributed by atoms with E-state index < -0.39 is 15.6 Å². The molecular weight excluding hydrogens is 460 g/mol. The molecule has 1 spiro atoms. The SMILES string of the molecule is Cc1ccccc1N1CCN(C(=O)C2=CC3(CCN(S(=O)(=O)c4cccs4)CC3)ON2)CC1. The van der Waals surface area contributed by atoms with Gasteiger partial charge in [0.05, 0.1) is 0 Å². The summed E-state index contributed by atoms with van der Waals surface area (Å²) >= 11 is 1.23. The molecular formula is C23H28N4O4S2. The van der Waals surface area contributed by atoms with Gasteiger partial charge in [0.25, 0.3) is 15.9 Å². The highest BCUT2D eigenvalue weighted by Gasteiger charge is 2.43. The van der Waals surface area contributed by atoms with E-state index in [0.29, 0.717) is 48.9 Å². The van der Waals surface area contributed by atoms with Crippen molar-refractivity contribution >= 4 is 33.0 Å². The monoisotopic (exact) mass is 488 g/mol. The number of benzene rings is 1. The average Bonchev–Trinajstić information content (AvgIpc) is 3.51. The van der Waals surface area contributed by atoms with Crippen LogP contribution in [0.5, 0.6) is 0 Å². The highest BCUT2D eigenvalue weighted by Crippen LogP contribution is 2.35. The summed E-state index contributed by atoms with van der Waals surface area (Å²) in [5.41, 5.74) is 5.10. The zero-order valence-corrected chi connectivity index (χ0v) is 20.2. The molecule has 10 heteroatoms. The van der Waals surface area contributed by atoms with Crippen molar-refractivity contribution in [3.8, 4) is 0 Å². The molecule has 8 nitrogen and oxygen atoms in total. The maximum absolute atomic E-state index is 13.1. The maximum atomic E-state index is 13.1. The van der Waals surface area contributed by atoms with Crippen LogP contribution in [0, 0.1) is 6.92 Å². The summed E-state index contributed by atoms with van der Waals surface area (Å²) in [4.78, 5) is 23.1. The molecule has 176 valence electrons. The van der Waals surface area contributed by atoms with Crippen LogP contribution in [0.1, 0.15) is 18.4 Å². The van der Waals surface area contributed by atoms with Crippen molar-refractivity contribution < 1.29 is 18.0 Å². The van der Waals surface area contributed by atoms with E-state index in [1.165, 1.54) is 26.9 Å². The molecule has 0 aliphatic carbocycles. The van der Waals surface area contributed by atoms with Gasteiger partial charge in [-0.2, -0.15) is 4.31 Å². The Bertz CT molecular complexity index is 1150. The fourth-order valence-electron chi connectivity index (χ4n) is 4.71. The van der Waals surface area contributed by atoms with Gasteiger partial charge in [0.2, 0.25) is 0 Å². The lowest BCUT2D eigenvalue weighted by molar-refractivity contribution is -0.129. The molecule has 1 aromatic heterocycles. The summed E-state index contributed by atoms with van der Waals surface area (Å²) in [5, 5.41) is 1.77. The minimum atomic E-state index is -3.47. The van der Waals surface area contributed by atoms with E-state index in [9.17, 15) is 13.2 Å². The number of sulfonamides is 1. The zero-order chi connectivity index (χ0) is 23.1. The van der Waals surface area contributed by atoms with Gasteiger partial charge in [0.1, 0.15) is 15.5 Å². The van der Waals surface area contributed by atoms with Gasteiger partial charge < -0.3 is 9.80 Å². The first kappa shape index (κ1) is 22.4. The summed E-state index contributed by atoms with van der Waals surface area (Å²) in [7, 11) is -3.47. The number of carbonyl (C=O) groups excluding carboxylic acids is 1. The number of nitrogens with zero attached hydrogens (tertiary/aromatic N) is 3.